The van der Waals surface area contributed by atoms with E-state index in [2.05, 4.69) is 21.5 Å². The summed E-state index contributed by atoms with van der Waals surface area (Å²) in [4.78, 5) is 51.5. The van der Waals surface area contributed by atoms with Gasteiger partial charge in [0.1, 0.15) is 0 Å². The lowest BCUT2D eigenvalue weighted by atomic mass is 9.99. The number of carbonyl (C=O) groups excluding carboxylic acids is 4. The van der Waals surface area contributed by atoms with Gasteiger partial charge in [0.2, 0.25) is 17.5 Å². The van der Waals surface area contributed by atoms with Gasteiger partial charge in [-0.2, -0.15) is 0 Å². The summed E-state index contributed by atoms with van der Waals surface area (Å²) in [5.74, 6) is -2.33. The fraction of sp³-hybridized carbons (Fsp3) is 0.462. The first kappa shape index (κ1) is 27.4. The Morgan fingerprint density at radius 3 is 2.28 bits per heavy atom. The van der Waals surface area contributed by atoms with Gasteiger partial charge in [-0.15, -0.1) is 0 Å². The largest absolute Gasteiger partial charge is 0.347 e. The van der Waals surface area contributed by atoms with Gasteiger partial charge in [-0.05, 0) is 73.7 Å². The molecule has 2 amide bonds. The number of hydrogen-bond acceptors (Lipinski definition) is 8. The topological polar surface area (TPSA) is 168 Å². The van der Waals surface area contributed by atoms with Gasteiger partial charge >= 0.3 is 0 Å². The molecule has 194 valence electrons. The van der Waals surface area contributed by atoms with Crippen LogP contribution in [0.25, 0.3) is 10.8 Å². The summed E-state index contributed by atoms with van der Waals surface area (Å²) in [5, 5.41) is 7.13. The van der Waals surface area contributed by atoms with E-state index in [-0.39, 0.29) is 6.42 Å². The van der Waals surface area contributed by atoms with Crippen LogP contribution in [0.1, 0.15) is 54.4 Å². The Hall–Kier alpha value is -3.18. The molecular weight excluding hydrogens is 460 g/mol. The average molecular weight is 497 g/mol. The first-order valence-corrected chi connectivity index (χ1v) is 12.5. The maximum Gasteiger partial charge on any atom is 0.251 e. The number of carbonyl (C=O) groups is 4. The smallest absolute Gasteiger partial charge is 0.251 e. The third-order valence-electron chi connectivity index (χ3n) is 6.32. The van der Waals surface area contributed by atoms with E-state index in [4.69, 9.17) is 11.5 Å². The molecule has 3 rings (SSSR count). The Morgan fingerprint density at radius 2 is 1.56 bits per heavy atom. The summed E-state index contributed by atoms with van der Waals surface area (Å²) in [7, 11) is 0. The highest BCUT2D eigenvalue weighted by Crippen LogP contribution is 2.21. The molecule has 2 aromatic rings. The number of rotatable bonds is 8. The number of benzene rings is 2. The molecule has 0 saturated carbocycles. The number of hydrogen-bond donors (Lipinski definition) is 6. The molecule has 8 N–H and O–H groups in total. The highest BCUT2D eigenvalue weighted by Gasteiger charge is 2.28. The zero-order valence-electron chi connectivity index (χ0n) is 20.5. The molecule has 10 nitrogen and oxygen atoms in total. The van der Waals surface area contributed by atoms with E-state index in [0.29, 0.717) is 44.5 Å². The molecule has 0 radical (unpaired) electrons. The quantitative estimate of drug-likeness (QED) is 0.226. The molecular formula is C26H36N6O4. The van der Waals surface area contributed by atoms with Crippen molar-refractivity contribution in [2.75, 3.05) is 19.6 Å². The van der Waals surface area contributed by atoms with Crippen molar-refractivity contribution in [1.82, 2.24) is 21.5 Å². The molecule has 2 aromatic carbocycles. The Morgan fingerprint density at radius 1 is 0.833 bits per heavy atom. The van der Waals surface area contributed by atoms with Crippen LogP contribution in [0.4, 0.5) is 0 Å². The van der Waals surface area contributed by atoms with E-state index in [1.165, 1.54) is 0 Å². The number of Topliss-reactive ketones (excluding diaryl/α,β-unsaturated/α-hetero) is 2. The van der Waals surface area contributed by atoms with Gasteiger partial charge < -0.3 is 22.1 Å². The minimum Gasteiger partial charge on any atom is -0.347 e. The van der Waals surface area contributed by atoms with Crippen molar-refractivity contribution in [3.05, 3.63) is 47.5 Å². The Kier molecular flexibility index (Phi) is 10.5. The molecule has 1 heterocycles. The van der Waals surface area contributed by atoms with Gasteiger partial charge in [0, 0.05) is 12.1 Å². The van der Waals surface area contributed by atoms with Crippen LogP contribution in [0.15, 0.2) is 36.4 Å². The summed E-state index contributed by atoms with van der Waals surface area (Å²) >= 11 is 0. The van der Waals surface area contributed by atoms with Gasteiger partial charge in [-0.3, -0.25) is 24.6 Å². The van der Waals surface area contributed by atoms with Crippen LogP contribution >= 0.6 is 0 Å². The van der Waals surface area contributed by atoms with E-state index in [1.807, 2.05) is 24.3 Å². The number of unbranched alkanes of at least 4 members (excludes halogenated alkanes) is 2. The fourth-order valence-electron chi connectivity index (χ4n) is 4.24. The number of hydrazine groups is 1. The average Bonchev–Trinajstić information content (AvgIpc) is 2.89. The first-order chi connectivity index (χ1) is 17.4. The van der Waals surface area contributed by atoms with E-state index < -0.39 is 42.0 Å². The van der Waals surface area contributed by atoms with Crippen LogP contribution in [0.3, 0.4) is 0 Å². The minimum atomic E-state index is -0.993. The molecule has 1 aliphatic heterocycles. The summed E-state index contributed by atoms with van der Waals surface area (Å²) in [6.45, 7) is 0.927. The number of nitrogens with two attached hydrogens (primary N) is 2. The van der Waals surface area contributed by atoms with Crippen molar-refractivity contribution in [3.8, 4) is 0 Å². The predicted octanol–water partition coefficient (Wildman–Crippen LogP) is 0.427. The zero-order chi connectivity index (χ0) is 25.9. The maximum absolute atomic E-state index is 13.1. The van der Waals surface area contributed by atoms with Gasteiger partial charge in [0.25, 0.3) is 5.91 Å². The molecule has 10 heteroatoms. The van der Waals surface area contributed by atoms with Crippen molar-refractivity contribution in [3.63, 3.8) is 0 Å². The first-order valence-electron chi connectivity index (χ1n) is 12.5. The summed E-state index contributed by atoms with van der Waals surface area (Å²) in [5.41, 5.74) is 18.7. The zero-order valence-corrected chi connectivity index (χ0v) is 20.5. The number of amides is 2. The molecule has 0 aromatic heterocycles. The fourth-order valence-corrected chi connectivity index (χ4v) is 4.24. The second kappa shape index (κ2) is 13.8. The number of fused-ring (bicyclic) bond motifs is 1. The van der Waals surface area contributed by atoms with Crippen LogP contribution in [-0.2, 0) is 20.9 Å². The molecule has 2 bridgehead atoms. The molecule has 1 aliphatic rings. The van der Waals surface area contributed by atoms with Gasteiger partial charge in [0.15, 0.2) is 0 Å². The molecule has 0 unspecified atom stereocenters. The van der Waals surface area contributed by atoms with E-state index in [9.17, 15) is 19.2 Å². The molecule has 0 saturated heterocycles. The van der Waals surface area contributed by atoms with E-state index in [0.717, 1.165) is 29.2 Å². The lowest BCUT2D eigenvalue weighted by Crippen LogP contribution is -2.52. The van der Waals surface area contributed by atoms with Crippen molar-refractivity contribution < 1.29 is 19.2 Å². The van der Waals surface area contributed by atoms with Crippen LogP contribution in [-0.4, -0.2) is 55.1 Å². The summed E-state index contributed by atoms with van der Waals surface area (Å²) < 4.78 is 0. The van der Waals surface area contributed by atoms with Gasteiger partial charge in [0.05, 0.1) is 18.6 Å². The van der Waals surface area contributed by atoms with E-state index >= 15 is 0 Å². The SMILES string of the molecule is NCCCC[C@@H]1NNCc2cccc3ccc(cc23)C(=O)N[C@@H](CCCCN)C(=O)C(=O)CNC1=O. The number of ketones is 2. The molecule has 0 aliphatic carbocycles. The van der Waals surface area contributed by atoms with Crippen molar-refractivity contribution in [2.24, 2.45) is 11.5 Å². The Balaban J connectivity index is 1.93. The van der Waals surface area contributed by atoms with E-state index in [1.54, 1.807) is 12.1 Å². The van der Waals surface area contributed by atoms with Gasteiger partial charge in [-0.25, -0.2) is 5.43 Å². The van der Waals surface area contributed by atoms with Crippen LogP contribution in [0.5, 0.6) is 0 Å². The van der Waals surface area contributed by atoms with Crippen molar-refractivity contribution in [1.29, 1.82) is 0 Å². The lowest BCUT2D eigenvalue weighted by molar-refractivity contribution is -0.138. The Labute approximate surface area is 210 Å². The highest BCUT2D eigenvalue weighted by molar-refractivity contribution is 6.40. The Bertz CT molecular complexity index is 1090. The third kappa shape index (κ3) is 7.41. The normalized spacial score (nSPS) is 19.9. The summed E-state index contributed by atoms with van der Waals surface area (Å²) in [6, 6.07) is 9.56. The lowest BCUT2D eigenvalue weighted by Gasteiger charge is -2.21. The molecule has 36 heavy (non-hydrogen) atoms. The van der Waals surface area contributed by atoms with Crippen LogP contribution in [0.2, 0.25) is 0 Å². The minimum absolute atomic E-state index is 0.285. The second-order valence-corrected chi connectivity index (χ2v) is 9.00. The van der Waals surface area contributed by atoms with Crippen LogP contribution in [0, 0.1) is 0 Å². The predicted molar refractivity (Wildman–Crippen MR) is 138 cm³/mol. The van der Waals surface area contributed by atoms with Gasteiger partial charge in [-0.1, -0.05) is 30.7 Å². The number of nitrogens with one attached hydrogen (secondary N) is 4. The van der Waals surface area contributed by atoms with Crippen molar-refractivity contribution >= 4 is 34.2 Å². The molecule has 0 fully saturated rings. The monoisotopic (exact) mass is 496 g/mol. The summed E-state index contributed by atoms with van der Waals surface area (Å²) in [6.07, 6.45) is 3.52. The maximum atomic E-state index is 13.1. The standard InChI is InChI=1S/C26H36N6O4/c27-12-3-1-8-21-24(34)23(33)16-29-26(36)22(9-2-4-13-28)32-30-15-19-7-5-6-17-10-11-18(14-20(17)19)25(35)31-21/h5-7,10-11,14,21-22,30,32H,1-4,8-9,12-13,15-16,27-28H2,(H,29,36)(H,31,35)/t21-,22-/m0/s1. The molecule has 2 atom stereocenters. The molecule has 0 spiro atoms. The van der Waals surface area contributed by atoms with Crippen molar-refractivity contribution in [2.45, 2.75) is 57.2 Å². The van der Waals surface area contributed by atoms with Crippen LogP contribution < -0.4 is 33.0 Å². The third-order valence-corrected chi connectivity index (χ3v) is 6.32. The highest BCUT2D eigenvalue weighted by atomic mass is 16.2. The second-order valence-electron chi connectivity index (χ2n) is 9.00.